The predicted molar refractivity (Wildman–Crippen MR) is 142 cm³/mol. The Morgan fingerprint density at radius 2 is 1.74 bits per heavy atom. The van der Waals surface area contributed by atoms with Gasteiger partial charge in [0.25, 0.3) is 15.9 Å². The Labute approximate surface area is 211 Å². The van der Waals surface area contributed by atoms with Gasteiger partial charge >= 0.3 is 0 Å². The summed E-state index contributed by atoms with van der Waals surface area (Å²) in [5.41, 5.74) is 2.75. The second kappa shape index (κ2) is 10.5. The second-order valence-electron chi connectivity index (χ2n) is 8.25. The topological polar surface area (TPSA) is 87.7 Å². The molecule has 0 fully saturated rings. The number of para-hydroxylation sites is 1. The van der Waals surface area contributed by atoms with Crippen LogP contribution in [0, 0.1) is 0 Å². The van der Waals surface area contributed by atoms with Crippen LogP contribution in [0.5, 0.6) is 5.75 Å². The Morgan fingerprint density at radius 1 is 1.06 bits per heavy atom. The van der Waals surface area contributed by atoms with Crippen molar-refractivity contribution in [2.45, 2.75) is 37.7 Å². The number of ether oxygens (including phenoxy) is 1. The Hall–Kier alpha value is -3.43. The van der Waals surface area contributed by atoms with E-state index in [0.717, 1.165) is 17.7 Å². The summed E-state index contributed by atoms with van der Waals surface area (Å²) in [6, 6.07) is 20.6. The van der Waals surface area contributed by atoms with Gasteiger partial charge in [0.2, 0.25) is 0 Å². The maximum Gasteiger partial charge on any atom is 0.264 e. The summed E-state index contributed by atoms with van der Waals surface area (Å²) in [6.45, 7) is 4.44. The van der Waals surface area contributed by atoms with E-state index < -0.39 is 10.0 Å². The number of amides is 1. The summed E-state index contributed by atoms with van der Waals surface area (Å²) in [5.74, 6) is 0.341. The third-order valence-electron chi connectivity index (χ3n) is 5.80. The number of thiocarbonyl (C=S) groups is 1. The first kappa shape index (κ1) is 24.7. The fraction of sp³-hybridized carbons (Fsp3) is 0.231. The fourth-order valence-electron chi connectivity index (χ4n) is 3.73. The van der Waals surface area contributed by atoms with Crippen LogP contribution >= 0.6 is 12.2 Å². The van der Waals surface area contributed by atoms with Crippen molar-refractivity contribution >= 4 is 44.6 Å². The van der Waals surface area contributed by atoms with Crippen LogP contribution in [0.4, 0.5) is 11.4 Å². The Balaban J connectivity index is 1.36. The van der Waals surface area contributed by atoms with Gasteiger partial charge in [-0.25, -0.2) is 8.42 Å². The van der Waals surface area contributed by atoms with Crippen molar-refractivity contribution in [2.75, 3.05) is 16.2 Å². The van der Waals surface area contributed by atoms with E-state index in [9.17, 15) is 13.2 Å². The van der Waals surface area contributed by atoms with Crippen LogP contribution in [0.3, 0.4) is 0 Å². The van der Waals surface area contributed by atoms with E-state index in [4.69, 9.17) is 17.0 Å². The Bertz CT molecular complexity index is 1320. The molecule has 0 bridgehead atoms. The summed E-state index contributed by atoms with van der Waals surface area (Å²) < 4.78 is 33.5. The molecule has 0 aliphatic carbocycles. The van der Waals surface area contributed by atoms with Gasteiger partial charge in [0.15, 0.2) is 5.11 Å². The number of anilines is 2. The normalized spacial score (nSPS) is 13.6. The first-order valence-electron chi connectivity index (χ1n) is 11.4. The number of hydrogen-bond donors (Lipinski definition) is 2. The highest BCUT2D eigenvalue weighted by molar-refractivity contribution is 7.92. The van der Waals surface area contributed by atoms with Gasteiger partial charge in [0.05, 0.1) is 16.7 Å². The van der Waals surface area contributed by atoms with Crippen LogP contribution in [-0.4, -0.2) is 32.1 Å². The molecule has 7 nitrogen and oxygen atoms in total. The van der Waals surface area contributed by atoms with Crippen LogP contribution in [0.2, 0.25) is 0 Å². The SMILES string of the molecule is CCC(C)Oc1ccc(C(=O)NC(=S)Nc2ccc(S(=O)(=O)N3CCc4ccccc43)cc2)cc1. The van der Waals surface area contributed by atoms with E-state index in [1.807, 2.05) is 38.1 Å². The van der Waals surface area contributed by atoms with E-state index in [1.165, 1.54) is 16.4 Å². The molecule has 3 aromatic carbocycles. The molecule has 9 heteroatoms. The molecule has 3 aromatic rings. The Morgan fingerprint density at radius 3 is 2.43 bits per heavy atom. The molecule has 4 rings (SSSR count). The highest BCUT2D eigenvalue weighted by Gasteiger charge is 2.30. The van der Waals surface area contributed by atoms with Crippen molar-refractivity contribution in [1.82, 2.24) is 5.32 Å². The molecule has 0 saturated carbocycles. The average Bonchev–Trinajstić information content (AvgIpc) is 3.30. The van der Waals surface area contributed by atoms with E-state index >= 15 is 0 Å². The standard InChI is InChI=1S/C26H27N3O4S2/c1-3-18(2)33-22-12-8-20(9-13-22)25(30)28-26(34)27-21-10-14-23(15-11-21)35(31,32)29-17-16-19-6-4-5-7-24(19)29/h4-15,18H,3,16-17H2,1-2H3,(H2,27,28,30,34). The lowest BCUT2D eigenvalue weighted by Crippen LogP contribution is -2.34. The average molecular weight is 510 g/mol. The zero-order valence-electron chi connectivity index (χ0n) is 19.5. The molecule has 1 aliphatic rings. The van der Waals surface area contributed by atoms with E-state index in [2.05, 4.69) is 10.6 Å². The maximum atomic E-state index is 13.1. The maximum absolute atomic E-state index is 13.1. The number of nitrogens with one attached hydrogen (secondary N) is 2. The van der Waals surface area contributed by atoms with Crippen molar-refractivity contribution in [3.05, 3.63) is 83.9 Å². The molecule has 1 unspecified atom stereocenters. The van der Waals surface area contributed by atoms with Crippen LogP contribution in [0.15, 0.2) is 77.7 Å². The highest BCUT2D eigenvalue weighted by atomic mass is 32.2. The molecule has 0 saturated heterocycles. The summed E-state index contributed by atoms with van der Waals surface area (Å²) in [4.78, 5) is 12.7. The van der Waals surface area contributed by atoms with Gasteiger partial charge in [-0.2, -0.15) is 0 Å². The number of nitrogens with zero attached hydrogens (tertiary/aromatic N) is 1. The zero-order chi connectivity index (χ0) is 25.0. The largest absolute Gasteiger partial charge is 0.491 e. The fourth-order valence-corrected chi connectivity index (χ4v) is 5.45. The minimum atomic E-state index is -3.67. The lowest BCUT2D eigenvalue weighted by atomic mass is 10.2. The number of rotatable bonds is 7. The molecule has 1 aliphatic heterocycles. The molecular formula is C26H27N3O4S2. The number of hydrogen-bond acceptors (Lipinski definition) is 5. The minimum Gasteiger partial charge on any atom is -0.491 e. The molecule has 0 radical (unpaired) electrons. The Kier molecular flexibility index (Phi) is 7.37. The number of sulfonamides is 1. The van der Waals surface area contributed by atoms with Crippen molar-refractivity contribution in [3.63, 3.8) is 0 Å². The third kappa shape index (κ3) is 5.63. The third-order valence-corrected chi connectivity index (χ3v) is 7.83. The monoisotopic (exact) mass is 509 g/mol. The summed E-state index contributed by atoms with van der Waals surface area (Å²) in [6.07, 6.45) is 1.68. The molecule has 182 valence electrons. The van der Waals surface area contributed by atoms with E-state index in [0.29, 0.717) is 30.0 Å². The quantitative estimate of drug-likeness (QED) is 0.447. The molecule has 1 atom stereocenters. The van der Waals surface area contributed by atoms with Crippen molar-refractivity contribution in [3.8, 4) is 5.75 Å². The van der Waals surface area contributed by atoms with Gasteiger partial charge in [0, 0.05) is 17.8 Å². The van der Waals surface area contributed by atoms with Gasteiger partial charge < -0.3 is 10.1 Å². The van der Waals surface area contributed by atoms with Crippen molar-refractivity contribution in [1.29, 1.82) is 0 Å². The molecule has 0 aromatic heterocycles. The van der Waals surface area contributed by atoms with Crippen LogP contribution in [-0.2, 0) is 16.4 Å². The van der Waals surface area contributed by atoms with E-state index in [-0.39, 0.29) is 22.0 Å². The first-order valence-corrected chi connectivity index (χ1v) is 13.2. The lowest BCUT2D eigenvalue weighted by molar-refractivity contribution is 0.0977. The molecule has 0 spiro atoms. The number of benzene rings is 3. The van der Waals surface area contributed by atoms with Gasteiger partial charge in [-0.3, -0.25) is 14.4 Å². The molecular weight excluding hydrogens is 482 g/mol. The van der Waals surface area contributed by atoms with Crippen LogP contribution < -0.4 is 19.7 Å². The van der Waals surface area contributed by atoms with Crippen LogP contribution in [0.25, 0.3) is 0 Å². The van der Waals surface area contributed by atoms with Crippen molar-refractivity contribution in [2.24, 2.45) is 0 Å². The molecule has 1 amide bonds. The van der Waals surface area contributed by atoms with Gasteiger partial charge in [-0.1, -0.05) is 25.1 Å². The zero-order valence-corrected chi connectivity index (χ0v) is 21.2. The summed E-state index contributed by atoms with van der Waals surface area (Å²) in [7, 11) is -3.67. The lowest BCUT2D eigenvalue weighted by Gasteiger charge is -2.19. The number of carbonyl (C=O) groups excluding carboxylic acids is 1. The molecule has 1 heterocycles. The van der Waals surface area contributed by atoms with Crippen LogP contribution in [0.1, 0.15) is 36.2 Å². The van der Waals surface area contributed by atoms with E-state index in [1.54, 1.807) is 36.4 Å². The highest BCUT2D eigenvalue weighted by Crippen LogP contribution is 2.32. The van der Waals surface area contributed by atoms with Gasteiger partial charge in [-0.05, 0) is 92.1 Å². The second-order valence-corrected chi connectivity index (χ2v) is 10.5. The predicted octanol–water partition coefficient (Wildman–Crippen LogP) is 4.74. The van der Waals surface area contributed by atoms with Gasteiger partial charge in [-0.15, -0.1) is 0 Å². The summed E-state index contributed by atoms with van der Waals surface area (Å²) >= 11 is 5.25. The van der Waals surface area contributed by atoms with Crippen molar-refractivity contribution < 1.29 is 17.9 Å². The molecule has 2 N–H and O–H groups in total. The summed E-state index contributed by atoms with van der Waals surface area (Å²) in [5, 5.41) is 5.66. The van der Waals surface area contributed by atoms with Gasteiger partial charge in [0.1, 0.15) is 5.75 Å². The smallest absolute Gasteiger partial charge is 0.264 e. The minimum absolute atomic E-state index is 0.0963. The first-order chi connectivity index (χ1) is 16.8. The number of carbonyl (C=O) groups is 1. The number of fused-ring (bicyclic) bond motifs is 1. The molecule has 35 heavy (non-hydrogen) atoms.